The zero-order valence-corrected chi connectivity index (χ0v) is 25.5. The highest BCUT2D eigenvalue weighted by Crippen LogP contribution is 2.41. The molecule has 0 fully saturated rings. The first-order chi connectivity index (χ1) is 19.2. The van der Waals surface area contributed by atoms with Crippen molar-refractivity contribution < 1.29 is 4.57 Å². The van der Waals surface area contributed by atoms with Crippen molar-refractivity contribution >= 4 is 0 Å². The average Bonchev–Trinajstić information content (AvgIpc) is 3.43. The first-order valence-electron chi connectivity index (χ1n) is 16.3. The second-order valence-electron chi connectivity index (χ2n) is 12.1. The number of rotatable bonds is 21. The van der Waals surface area contributed by atoms with Crippen LogP contribution in [0.4, 0.5) is 0 Å². The normalized spacial score (nSPS) is 13.8. The molecule has 0 bridgehead atoms. The molecule has 0 spiro atoms. The van der Waals surface area contributed by atoms with Gasteiger partial charge in [0.05, 0.1) is 6.54 Å². The van der Waals surface area contributed by atoms with Crippen LogP contribution in [0.2, 0.25) is 0 Å². The highest BCUT2D eigenvalue weighted by atomic mass is 15.1. The van der Waals surface area contributed by atoms with Crippen LogP contribution in [-0.4, -0.2) is 4.57 Å². The first kappa shape index (κ1) is 31.2. The molecule has 2 nitrogen and oxygen atoms in total. The standard InChI is InChI=1S/C37H57N2/c1-4-6-8-10-11-12-13-14-15-22-28-36(39-31-30-38(33-39)29-23-9-7-5-2)37(3,35-26-20-17-21-27-35)32-34-24-18-16-19-25-34/h16-21,24-27,30-31,33,36H,4-15,22-23,28-29,32H2,1-3H3/q+1. The van der Waals surface area contributed by atoms with Crippen molar-refractivity contribution in [2.24, 2.45) is 0 Å². The Morgan fingerprint density at radius 2 is 1.21 bits per heavy atom. The van der Waals surface area contributed by atoms with Gasteiger partial charge >= 0.3 is 0 Å². The summed E-state index contributed by atoms with van der Waals surface area (Å²) >= 11 is 0. The van der Waals surface area contributed by atoms with E-state index in [1.807, 2.05) is 0 Å². The number of unbranched alkanes of at least 4 members (excludes halogenated alkanes) is 12. The number of hydrogen-bond donors (Lipinski definition) is 0. The van der Waals surface area contributed by atoms with E-state index in [4.69, 9.17) is 0 Å². The number of benzene rings is 2. The summed E-state index contributed by atoms with van der Waals surface area (Å²) in [7, 11) is 0. The van der Waals surface area contributed by atoms with Crippen LogP contribution in [0.5, 0.6) is 0 Å². The second kappa shape index (κ2) is 18.1. The minimum absolute atomic E-state index is 0.0148. The summed E-state index contributed by atoms with van der Waals surface area (Å²) in [5.74, 6) is 0. The predicted molar refractivity (Wildman–Crippen MR) is 168 cm³/mol. The molecular weight excluding hydrogens is 472 g/mol. The zero-order chi connectivity index (χ0) is 27.6. The van der Waals surface area contributed by atoms with Crippen LogP contribution in [0.25, 0.3) is 0 Å². The highest BCUT2D eigenvalue weighted by Gasteiger charge is 2.40. The summed E-state index contributed by atoms with van der Waals surface area (Å²) in [6, 6.07) is 22.9. The van der Waals surface area contributed by atoms with Gasteiger partial charge in [0.2, 0.25) is 6.33 Å². The number of aromatic nitrogens is 2. The van der Waals surface area contributed by atoms with Crippen molar-refractivity contribution in [3.8, 4) is 0 Å². The summed E-state index contributed by atoms with van der Waals surface area (Å²) in [5.41, 5.74) is 2.90. The summed E-state index contributed by atoms with van der Waals surface area (Å²) in [5, 5.41) is 0. The van der Waals surface area contributed by atoms with Crippen LogP contribution in [0.1, 0.15) is 134 Å². The largest absolute Gasteiger partial charge is 0.244 e. The molecule has 0 saturated heterocycles. The molecule has 3 aromatic rings. The van der Waals surface area contributed by atoms with Gasteiger partial charge in [0.1, 0.15) is 18.4 Å². The van der Waals surface area contributed by atoms with Crippen molar-refractivity contribution in [2.45, 2.75) is 142 Å². The lowest BCUT2D eigenvalue weighted by Gasteiger charge is -2.37. The van der Waals surface area contributed by atoms with Crippen molar-refractivity contribution in [3.05, 3.63) is 90.5 Å². The van der Waals surface area contributed by atoms with Gasteiger partial charge in [-0.25, -0.2) is 9.13 Å². The van der Waals surface area contributed by atoms with E-state index in [-0.39, 0.29) is 5.41 Å². The van der Waals surface area contributed by atoms with E-state index in [2.05, 4.69) is 109 Å². The van der Waals surface area contributed by atoms with E-state index in [1.54, 1.807) is 0 Å². The number of hydrogen-bond acceptors (Lipinski definition) is 0. The van der Waals surface area contributed by atoms with Crippen LogP contribution in [0, 0.1) is 0 Å². The van der Waals surface area contributed by atoms with Gasteiger partial charge in [-0.3, -0.25) is 0 Å². The molecular formula is C37H57N2+. The quantitative estimate of drug-likeness (QED) is 0.0958. The first-order valence-corrected chi connectivity index (χ1v) is 16.3. The molecule has 2 aromatic carbocycles. The molecule has 1 aromatic heterocycles. The van der Waals surface area contributed by atoms with Crippen LogP contribution < -0.4 is 4.57 Å². The van der Waals surface area contributed by atoms with Crippen LogP contribution in [-0.2, 0) is 18.4 Å². The summed E-state index contributed by atoms with van der Waals surface area (Å²) in [6.07, 6.45) is 28.4. The molecule has 214 valence electrons. The summed E-state index contributed by atoms with van der Waals surface area (Å²) in [6.45, 7) is 8.23. The maximum absolute atomic E-state index is 2.56. The Balaban J connectivity index is 1.73. The lowest BCUT2D eigenvalue weighted by Crippen LogP contribution is -2.38. The SMILES string of the molecule is CCCCCCCCCCCCC(n1cc[n+](CCCCCC)c1)C(C)(Cc1ccccc1)c1ccccc1. The van der Waals surface area contributed by atoms with Crippen LogP contribution >= 0.6 is 0 Å². The Morgan fingerprint density at radius 1 is 0.667 bits per heavy atom. The number of imidazole rings is 1. The topological polar surface area (TPSA) is 8.81 Å². The lowest BCUT2D eigenvalue weighted by atomic mass is 9.70. The molecule has 0 amide bonds. The van der Waals surface area contributed by atoms with E-state index >= 15 is 0 Å². The average molecular weight is 530 g/mol. The molecule has 2 unspecified atom stereocenters. The molecule has 0 saturated carbocycles. The molecule has 2 heteroatoms. The number of aryl methyl sites for hydroxylation is 1. The minimum Gasteiger partial charge on any atom is -0.237 e. The Labute approximate surface area is 240 Å². The Bertz CT molecular complexity index is 993. The maximum atomic E-state index is 2.56. The monoisotopic (exact) mass is 529 g/mol. The molecule has 0 N–H and O–H groups in total. The Kier molecular flexibility index (Phi) is 14.5. The maximum Gasteiger partial charge on any atom is 0.244 e. The summed E-state index contributed by atoms with van der Waals surface area (Å²) < 4.78 is 4.98. The van der Waals surface area contributed by atoms with Crippen molar-refractivity contribution in [1.29, 1.82) is 0 Å². The second-order valence-corrected chi connectivity index (χ2v) is 12.1. The Morgan fingerprint density at radius 3 is 1.82 bits per heavy atom. The molecule has 0 aliphatic carbocycles. The zero-order valence-electron chi connectivity index (χ0n) is 25.5. The third kappa shape index (κ3) is 10.6. The van der Waals surface area contributed by atoms with Gasteiger partial charge in [-0.05, 0) is 43.2 Å². The van der Waals surface area contributed by atoms with E-state index in [0.717, 1.165) is 13.0 Å². The minimum atomic E-state index is 0.0148. The van der Waals surface area contributed by atoms with Gasteiger partial charge in [0.25, 0.3) is 0 Å². The van der Waals surface area contributed by atoms with Crippen molar-refractivity contribution in [2.75, 3.05) is 0 Å². The van der Waals surface area contributed by atoms with Gasteiger partial charge in [-0.2, -0.15) is 0 Å². The van der Waals surface area contributed by atoms with Gasteiger partial charge in [0, 0.05) is 5.41 Å². The van der Waals surface area contributed by atoms with Crippen LogP contribution in [0.15, 0.2) is 79.4 Å². The fourth-order valence-corrected chi connectivity index (χ4v) is 6.32. The van der Waals surface area contributed by atoms with E-state index in [9.17, 15) is 0 Å². The molecule has 0 aliphatic rings. The molecule has 0 aliphatic heterocycles. The van der Waals surface area contributed by atoms with Gasteiger partial charge in [-0.1, -0.05) is 152 Å². The fraction of sp³-hybridized carbons (Fsp3) is 0.595. The van der Waals surface area contributed by atoms with Crippen LogP contribution in [0.3, 0.4) is 0 Å². The van der Waals surface area contributed by atoms with Crippen molar-refractivity contribution in [1.82, 2.24) is 4.57 Å². The molecule has 0 radical (unpaired) electrons. The number of nitrogens with zero attached hydrogens (tertiary/aromatic N) is 2. The van der Waals surface area contributed by atoms with Gasteiger partial charge < -0.3 is 0 Å². The van der Waals surface area contributed by atoms with Crippen molar-refractivity contribution in [3.63, 3.8) is 0 Å². The molecule has 39 heavy (non-hydrogen) atoms. The van der Waals surface area contributed by atoms with Gasteiger partial charge in [0.15, 0.2) is 0 Å². The van der Waals surface area contributed by atoms with E-state index in [0.29, 0.717) is 6.04 Å². The van der Waals surface area contributed by atoms with Gasteiger partial charge in [-0.15, -0.1) is 0 Å². The Hall–Kier alpha value is -2.35. The third-order valence-corrected chi connectivity index (χ3v) is 8.76. The highest BCUT2D eigenvalue weighted by molar-refractivity contribution is 5.30. The third-order valence-electron chi connectivity index (χ3n) is 8.76. The fourth-order valence-electron chi connectivity index (χ4n) is 6.32. The smallest absolute Gasteiger partial charge is 0.237 e. The predicted octanol–water partition coefficient (Wildman–Crippen LogP) is 10.4. The van der Waals surface area contributed by atoms with E-state index < -0.39 is 0 Å². The van der Waals surface area contributed by atoms with E-state index in [1.165, 1.54) is 107 Å². The summed E-state index contributed by atoms with van der Waals surface area (Å²) in [4.78, 5) is 0. The molecule has 3 rings (SSSR count). The molecule has 2 atom stereocenters. The molecule has 1 heterocycles. The lowest BCUT2D eigenvalue weighted by molar-refractivity contribution is -0.697.